The van der Waals surface area contributed by atoms with Crippen LogP contribution in [-0.4, -0.2) is 136 Å². The number of aromatic hydroxyl groups is 2. The molecule has 2 aliphatic rings. The van der Waals surface area contributed by atoms with Gasteiger partial charge in [0.25, 0.3) is 0 Å². The molecule has 0 saturated carbocycles. The highest BCUT2D eigenvalue weighted by atomic mass is 16.3. The molecule has 8 aromatic rings. The molecular formula is C58H64N12O2. The van der Waals surface area contributed by atoms with E-state index >= 15 is 0 Å². The second-order valence-electron chi connectivity index (χ2n) is 18.7. The van der Waals surface area contributed by atoms with E-state index in [1.165, 1.54) is 11.1 Å². The van der Waals surface area contributed by atoms with Crippen molar-refractivity contribution in [3.05, 3.63) is 214 Å². The maximum atomic E-state index is 10.3. The quantitative estimate of drug-likeness (QED) is 0.108. The summed E-state index contributed by atoms with van der Waals surface area (Å²) in [7, 11) is 0. The Bertz CT molecular complexity index is 2820. The Morgan fingerprint density at radius 2 is 0.806 bits per heavy atom. The van der Waals surface area contributed by atoms with Gasteiger partial charge >= 0.3 is 0 Å². The first-order valence-corrected chi connectivity index (χ1v) is 24.8. The zero-order chi connectivity index (χ0) is 49.8. The average molecular weight is 961 g/mol. The number of aryl methyl sites for hydroxylation is 4. The lowest BCUT2D eigenvalue weighted by molar-refractivity contribution is 0.113. The van der Waals surface area contributed by atoms with Crippen molar-refractivity contribution < 1.29 is 10.2 Å². The molecule has 10 rings (SSSR count). The average Bonchev–Trinajstić information content (AvgIpc) is 4.06. The lowest BCUT2D eigenvalue weighted by Crippen LogP contribution is -2.48. The van der Waals surface area contributed by atoms with Crippen molar-refractivity contribution in [2.45, 2.75) is 39.8 Å². The van der Waals surface area contributed by atoms with Crippen LogP contribution in [-0.2, 0) is 0 Å². The number of hydrogen-bond donors (Lipinski definition) is 2. The van der Waals surface area contributed by atoms with Crippen molar-refractivity contribution in [2.24, 2.45) is 0 Å². The highest BCUT2D eigenvalue weighted by molar-refractivity contribution is 5.51. The smallest absolute Gasteiger partial charge is 0.178 e. The molecule has 2 aromatic heterocycles. The maximum Gasteiger partial charge on any atom is 0.178 e. The van der Waals surface area contributed by atoms with Gasteiger partial charge in [0.2, 0.25) is 0 Å². The van der Waals surface area contributed by atoms with E-state index in [0.29, 0.717) is 0 Å². The molecule has 2 atom stereocenters. The van der Waals surface area contributed by atoms with Crippen molar-refractivity contribution in [2.75, 3.05) is 65.4 Å². The topological polar surface area (TPSA) is 141 Å². The van der Waals surface area contributed by atoms with E-state index in [2.05, 4.69) is 188 Å². The lowest BCUT2D eigenvalue weighted by Gasteiger charge is -2.38. The van der Waals surface area contributed by atoms with Crippen LogP contribution in [0.3, 0.4) is 0 Å². The number of rotatable bonds is 14. The van der Waals surface area contributed by atoms with Crippen LogP contribution in [0.4, 0.5) is 0 Å². The third kappa shape index (κ3) is 11.9. The fourth-order valence-electron chi connectivity index (χ4n) is 9.98. The Hall–Kier alpha value is -7.62. The number of piperazine rings is 2. The van der Waals surface area contributed by atoms with Crippen molar-refractivity contribution in [3.8, 4) is 22.9 Å². The fourth-order valence-corrected chi connectivity index (χ4v) is 9.98. The van der Waals surface area contributed by atoms with Crippen LogP contribution in [0, 0.1) is 27.7 Å². The molecule has 0 spiro atoms. The summed E-state index contributed by atoms with van der Waals surface area (Å²) in [4.78, 5) is 9.76. The van der Waals surface area contributed by atoms with E-state index in [9.17, 15) is 10.2 Å². The standard InChI is InChI=1S/2C29H32N6O/c2*1-22-9-6-10-23(2)27(22)35-29(30-31-32-35)28(25-14-7-15-26(36)21-25)34-19-17-33(18-20-34)16-8-13-24-11-4-3-5-12-24/h2*3-15,21,28,36H,16-20H2,1-2H3/b2*13-8+/t2*28-/m10/s1. The summed E-state index contributed by atoms with van der Waals surface area (Å²) < 4.78 is 3.74. The molecule has 6 aromatic carbocycles. The first kappa shape index (κ1) is 49.4. The van der Waals surface area contributed by atoms with Gasteiger partial charge in [-0.3, -0.25) is 19.6 Å². The minimum absolute atomic E-state index is 0.173. The molecule has 0 bridgehead atoms. The van der Waals surface area contributed by atoms with Crippen LogP contribution >= 0.6 is 0 Å². The number of hydrogen-bond acceptors (Lipinski definition) is 12. The van der Waals surface area contributed by atoms with E-state index in [1.54, 1.807) is 12.1 Å². The highest BCUT2D eigenvalue weighted by Crippen LogP contribution is 2.34. The van der Waals surface area contributed by atoms with E-state index in [4.69, 9.17) is 0 Å². The predicted molar refractivity (Wildman–Crippen MR) is 284 cm³/mol. The van der Waals surface area contributed by atoms with Gasteiger partial charge in [0, 0.05) is 65.4 Å². The third-order valence-electron chi connectivity index (χ3n) is 13.6. The van der Waals surface area contributed by atoms with Crippen molar-refractivity contribution in [1.82, 2.24) is 60.0 Å². The lowest BCUT2D eigenvalue weighted by atomic mass is 10.0. The number of nitrogens with zero attached hydrogens (tertiary/aromatic N) is 12. The summed E-state index contributed by atoms with van der Waals surface area (Å²) in [6.07, 6.45) is 8.83. The van der Waals surface area contributed by atoms with Crippen LogP contribution in [0.2, 0.25) is 0 Å². The summed E-state index contributed by atoms with van der Waals surface area (Å²) >= 11 is 0. The molecule has 2 N–H and O–H groups in total. The number of para-hydroxylation sites is 2. The van der Waals surface area contributed by atoms with E-state index in [1.807, 2.05) is 57.9 Å². The minimum Gasteiger partial charge on any atom is -0.508 e. The zero-order valence-electron chi connectivity index (χ0n) is 41.7. The molecule has 14 heteroatoms. The van der Waals surface area contributed by atoms with Crippen LogP contribution in [0.25, 0.3) is 23.5 Å². The third-order valence-corrected chi connectivity index (χ3v) is 13.6. The zero-order valence-corrected chi connectivity index (χ0v) is 41.7. The van der Waals surface area contributed by atoms with E-state index in [0.717, 1.165) is 122 Å². The SMILES string of the molecule is Cc1cccc(C)c1-n1nnnc1[C@@H](c1cccc(O)c1)N1CCN(C/C=C/c2ccccc2)CC1.Cc1cccc(C)c1-n1nnnc1[C@H](c1cccc(O)c1)N1CCN(C/C=C/c2ccccc2)CC1. The monoisotopic (exact) mass is 961 g/mol. The van der Waals surface area contributed by atoms with Crippen molar-refractivity contribution in [3.63, 3.8) is 0 Å². The summed E-state index contributed by atoms with van der Waals surface area (Å²) in [5.74, 6) is 2.01. The molecule has 72 heavy (non-hydrogen) atoms. The van der Waals surface area contributed by atoms with Crippen LogP contribution < -0.4 is 0 Å². The molecule has 2 saturated heterocycles. The molecule has 14 nitrogen and oxygen atoms in total. The Labute approximate surface area is 422 Å². The Kier molecular flexibility index (Phi) is 16.1. The molecule has 368 valence electrons. The van der Waals surface area contributed by atoms with Gasteiger partial charge in [-0.2, -0.15) is 9.36 Å². The molecular weight excluding hydrogens is 897 g/mol. The largest absolute Gasteiger partial charge is 0.508 e. The number of tetrazole rings is 2. The first-order chi connectivity index (χ1) is 35.2. The first-order valence-electron chi connectivity index (χ1n) is 24.8. The highest BCUT2D eigenvalue weighted by Gasteiger charge is 2.33. The van der Waals surface area contributed by atoms with Gasteiger partial charge in [0.1, 0.15) is 11.5 Å². The number of phenolic OH excluding ortho intramolecular Hbond substituents is 2. The van der Waals surface area contributed by atoms with Crippen molar-refractivity contribution in [1.29, 1.82) is 0 Å². The van der Waals surface area contributed by atoms with Gasteiger partial charge in [-0.05, 0) is 117 Å². The number of benzene rings is 6. The minimum atomic E-state index is -0.173. The predicted octanol–water partition coefficient (Wildman–Crippen LogP) is 8.81. The Morgan fingerprint density at radius 1 is 0.444 bits per heavy atom. The second kappa shape index (κ2) is 23.5. The molecule has 0 aliphatic carbocycles. The summed E-state index contributed by atoms with van der Waals surface area (Å²) in [5.41, 5.74) is 10.9. The van der Waals surface area contributed by atoms with Gasteiger partial charge in [-0.15, -0.1) is 10.2 Å². The van der Waals surface area contributed by atoms with Gasteiger partial charge in [0.15, 0.2) is 11.6 Å². The van der Waals surface area contributed by atoms with Crippen molar-refractivity contribution >= 4 is 12.2 Å². The number of aromatic nitrogens is 8. The Balaban J connectivity index is 0.000000178. The van der Waals surface area contributed by atoms with Gasteiger partial charge < -0.3 is 10.2 Å². The normalized spacial score (nSPS) is 15.9. The second-order valence-corrected chi connectivity index (χ2v) is 18.7. The van der Waals surface area contributed by atoms with Gasteiger partial charge in [-0.25, -0.2) is 0 Å². The van der Waals surface area contributed by atoms with Crippen LogP contribution in [0.1, 0.15) is 68.2 Å². The number of phenols is 2. The Morgan fingerprint density at radius 3 is 1.17 bits per heavy atom. The molecule has 0 amide bonds. The van der Waals surface area contributed by atoms with E-state index < -0.39 is 0 Å². The molecule has 0 unspecified atom stereocenters. The fraction of sp³-hybridized carbons (Fsp3) is 0.276. The van der Waals surface area contributed by atoms with Crippen LogP contribution in [0.15, 0.2) is 158 Å². The van der Waals surface area contributed by atoms with Gasteiger partial charge in [-0.1, -0.05) is 146 Å². The molecule has 0 radical (unpaired) electrons. The molecule has 4 heterocycles. The molecule has 2 fully saturated rings. The van der Waals surface area contributed by atoms with Gasteiger partial charge in [0.05, 0.1) is 23.5 Å². The molecule has 2 aliphatic heterocycles. The summed E-state index contributed by atoms with van der Waals surface area (Å²) in [5, 5.41) is 46.5. The van der Waals surface area contributed by atoms with Crippen LogP contribution in [0.5, 0.6) is 11.5 Å². The van der Waals surface area contributed by atoms with E-state index in [-0.39, 0.29) is 23.6 Å². The summed E-state index contributed by atoms with van der Waals surface area (Å²) in [6, 6.07) is 47.8. The maximum absolute atomic E-state index is 10.3. The summed E-state index contributed by atoms with van der Waals surface area (Å²) in [6.45, 7) is 17.4.